The molecule has 0 aromatic heterocycles. The van der Waals surface area contributed by atoms with E-state index in [1.54, 1.807) is 0 Å². The van der Waals surface area contributed by atoms with E-state index in [-0.39, 0.29) is 16.2 Å². The van der Waals surface area contributed by atoms with Crippen LogP contribution in [-0.2, 0) is 35.9 Å². The lowest BCUT2D eigenvalue weighted by atomic mass is 9.83. The largest absolute Gasteiger partial charge is 0.507 e. The van der Waals surface area contributed by atoms with Crippen molar-refractivity contribution in [1.29, 1.82) is 0 Å². The predicted molar refractivity (Wildman–Crippen MR) is 168 cm³/mol. The van der Waals surface area contributed by atoms with E-state index in [2.05, 4.69) is 106 Å². The zero-order chi connectivity index (χ0) is 30.4. The fourth-order valence-electron chi connectivity index (χ4n) is 5.53. The van der Waals surface area contributed by atoms with Crippen molar-refractivity contribution in [3.63, 3.8) is 0 Å². The standard InChI is InChI=1S/C36H51NO3/c1-22-13-25(31(38)28(16-22)34(4,5)6)19-37(20-26-14-23(2)17-29(32(26)39)35(7,8)9)21-27-15-24(3)18-30(33(27)40)36(10,11)12/h13-18,38-40H,19-21H2,1-12H3. The number of benzene rings is 3. The molecule has 0 aliphatic heterocycles. The van der Waals surface area contributed by atoms with Crippen LogP contribution < -0.4 is 0 Å². The van der Waals surface area contributed by atoms with Crippen molar-refractivity contribution in [2.75, 3.05) is 0 Å². The fraction of sp³-hybridized carbons (Fsp3) is 0.500. The topological polar surface area (TPSA) is 63.9 Å². The van der Waals surface area contributed by atoms with Gasteiger partial charge in [0.05, 0.1) is 0 Å². The molecule has 0 atom stereocenters. The molecule has 0 amide bonds. The quantitative estimate of drug-likeness (QED) is 0.289. The molecule has 0 aliphatic carbocycles. The molecule has 3 N–H and O–H groups in total. The third kappa shape index (κ3) is 7.20. The molecule has 0 saturated heterocycles. The molecule has 0 spiro atoms. The van der Waals surface area contributed by atoms with Crippen LogP contribution in [-0.4, -0.2) is 20.2 Å². The van der Waals surface area contributed by atoms with Crippen LogP contribution in [0.3, 0.4) is 0 Å². The molecule has 3 aromatic carbocycles. The Morgan fingerprint density at radius 3 is 0.875 bits per heavy atom. The van der Waals surface area contributed by atoms with E-state index in [1.165, 1.54) is 0 Å². The lowest BCUT2D eigenvalue weighted by Gasteiger charge is -2.29. The van der Waals surface area contributed by atoms with E-state index in [9.17, 15) is 15.3 Å². The second-order valence-electron chi connectivity index (χ2n) is 14.9. The summed E-state index contributed by atoms with van der Waals surface area (Å²) in [5, 5.41) is 34.2. The summed E-state index contributed by atoms with van der Waals surface area (Å²) in [4.78, 5) is 2.21. The maximum atomic E-state index is 11.4. The van der Waals surface area contributed by atoms with E-state index in [0.29, 0.717) is 36.9 Å². The highest BCUT2D eigenvalue weighted by atomic mass is 16.3. The van der Waals surface area contributed by atoms with Gasteiger partial charge in [-0.2, -0.15) is 0 Å². The van der Waals surface area contributed by atoms with Crippen molar-refractivity contribution in [3.05, 3.63) is 86.5 Å². The minimum absolute atomic E-state index is 0.206. The lowest BCUT2D eigenvalue weighted by Crippen LogP contribution is -2.24. The number of phenolic OH excluding ortho intramolecular Hbond substituents is 3. The van der Waals surface area contributed by atoms with Crippen LogP contribution in [0.1, 0.15) is 112 Å². The molecule has 4 nitrogen and oxygen atoms in total. The Bertz CT molecular complexity index is 1210. The molecule has 0 aliphatic rings. The van der Waals surface area contributed by atoms with Crippen LogP contribution in [0.25, 0.3) is 0 Å². The molecule has 3 aromatic rings. The monoisotopic (exact) mass is 545 g/mol. The molecule has 0 bridgehead atoms. The predicted octanol–water partition coefficient (Wildman–Crippen LogP) is 8.82. The number of hydrogen-bond donors (Lipinski definition) is 3. The summed E-state index contributed by atoms with van der Waals surface area (Å²) in [6.45, 7) is 26.6. The fourth-order valence-corrected chi connectivity index (χ4v) is 5.53. The molecule has 0 heterocycles. The third-order valence-electron chi connectivity index (χ3n) is 7.61. The van der Waals surface area contributed by atoms with Gasteiger partial charge in [0.1, 0.15) is 17.2 Å². The van der Waals surface area contributed by atoms with Crippen LogP contribution >= 0.6 is 0 Å². The van der Waals surface area contributed by atoms with Crippen molar-refractivity contribution in [2.45, 2.75) is 119 Å². The van der Waals surface area contributed by atoms with E-state index in [0.717, 1.165) is 50.1 Å². The smallest absolute Gasteiger partial charge is 0.123 e. The Balaban J connectivity index is 2.17. The Labute approximate surface area is 242 Å². The number of rotatable bonds is 6. The Morgan fingerprint density at radius 1 is 0.450 bits per heavy atom. The van der Waals surface area contributed by atoms with Crippen LogP contribution in [0.5, 0.6) is 17.2 Å². The van der Waals surface area contributed by atoms with Gasteiger partial charge in [-0.15, -0.1) is 0 Å². The van der Waals surface area contributed by atoms with Crippen LogP contribution in [0.15, 0.2) is 36.4 Å². The van der Waals surface area contributed by atoms with Gasteiger partial charge < -0.3 is 15.3 Å². The van der Waals surface area contributed by atoms with Gasteiger partial charge in [-0.05, 0) is 53.7 Å². The summed E-state index contributed by atoms with van der Waals surface area (Å²) in [5.74, 6) is 0.947. The molecule has 4 heteroatoms. The number of nitrogens with zero attached hydrogens (tertiary/aromatic N) is 1. The minimum Gasteiger partial charge on any atom is -0.507 e. The molecule has 0 saturated carbocycles. The molecule has 218 valence electrons. The zero-order valence-corrected chi connectivity index (χ0v) is 26.9. The highest BCUT2D eigenvalue weighted by molar-refractivity contribution is 5.50. The van der Waals surface area contributed by atoms with Crippen LogP contribution in [0.2, 0.25) is 0 Å². The summed E-state index contributed by atoms with van der Waals surface area (Å²) < 4.78 is 0. The van der Waals surface area contributed by atoms with Crippen molar-refractivity contribution in [1.82, 2.24) is 4.90 Å². The van der Waals surface area contributed by atoms with Gasteiger partial charge in [-0.25, -0.2) is 0 Å². The maximum absolute atomic E-state index is 11.4. The first-order chi connectivity index (χ1) is 18.2. The molecular formula is C36H51NO3. The van der Waals surface area contributed by atoms with Gasteiger partial charge in [0.15, 0.2) is 0 Å². The third-order valence-corrected chi connectivity index (χ3v) is 7.61. The number of phenols is 3. The first-order valence-corrected chi connectivity index (χ1v) is 14.4. The number of aryl methyl sites for hydroxylation is 3. The van der Waals surface area contributed by atoms with Gasteiger partial charge >= 0.3 is 0 Å². The SMILES string of the molecule is Cc1cc(CN(Cc2cc(C)cc(C(C)(C)C)c2O)Cc2cc(C)cc(C(C)(C)C)c2O)c(O)c(C(C)(C)C)c1. The van der Waals surface area contributed by atoms with Crippen molar-refractivity contribution < 1.29 is 15.3 Å². The average Bonchev–Trinajstić information content (AvgIpc) is 2.78. The van der Waals surface area contributed by atoms with E-state index >= 15 is 0 Å². The van der Waals surface area contributed by atoms with Gasteiger partial charge in [0.25, 0.3) is 0 Å². The van der Waals surface area contributed by atoms with Crippen LogP contribution in [0.4, 0.5) is 0 Å². The first kappa shape index (κ1) is 31.5. The Kier molecular flexibility index (Phi) is 8.77. The first-order valence-electron chi connectivity index (χ1n) is 14.4. The lowest BCUT2D eigenvalue weighted by molar-refractivity contribution is 0.236. The Morgan fingerprint density at radius 2 is 0.675 bits per heavy atom. The second kappa shape index (κ2) is 11.1. The molecule has 0 unspecified atom stereocenters. The van der Waals surface area contributed by atoms with Gasteiger partial charge in [-0.1, -0.05) is 115 Å². The summed E-state index contributed by atoms with van der Waals surface area (Å²) in [6, 6.07) is 12.3. The average molecular weight is 546 g/mol. The highest BCUT2D eigenvalue weighted by Crippen LogP contribution is 2.39. The molecule has 0 fully saturated rings. The van der Waals surface area contributed by atoms with Crippen molar-refractivity contribution >= 4 is 0 Å². The zero-order valence-electron chi connectivity index (χ0n) is 26.9. The van der Waals surface area contributed by atoms with Crippen molar-refractivity contribution in [2.24, 2.45) is 0 Å². The van der Waals surface area contributed by atoms with E-state index < -0.39 is 0 Å². The minimum atomic E-state index is -0.206. The van der Waals surface area contributed by atoms with Crippen molar-refractivity contribution in [3.8, 4) is 17.2 Å². The molecule has 0 radical (unpaired) electrons. The summed E-state index contributed by atoms with van der Waals surface area (Å²) >= 11 is 0. The highest BCUT2D eigenvalue weighted by Gasteiger charge is 2.26. The normalized spacial score (nSPS) is 12.8. The number of aromatic hydroxyl groups is 3. The number of hydrogen-bond acceptors (Lipinski definition) is 4. The van der Waals surface area contributed by atoms with E-state index in [1.807, 2.05) is 18.2 Å². The maximum Gasteiger partial charge on any atom is 0.123 e. The summed E-state index contributed by atoms with van der Waals surface area (Å²) in [7, 11) is 0. The molecular weight excluding hydrogens is 494 g/mol. The van der Waals surface area contributed by atoms with Gasteiger partial charge in [-0.3, -0.25) is 4.90 Å². The van der Waals surface area contributed by atoms with Gasteiger partial charge in [0, 0.05) is 36.3 Å². The van der Waals surface area contributed by atoms with Gasteiger partial charge in [0.2, 0.25) is 0 Å². The molecule has 40 heavy (non-hydrogen) atoms. The summed E-state index contributed by atoms with van der Waals surface area (Å²) in [6.07, 6.45) is 0. The van der Waals surface area contributed by atoms with Crippen LogP contribution in [0, 0.1) is 20.8 Å². The summed E-state index contributed by atoms with van der Waals surface area (Å²) in [5.41, 5.74) is 7.97. The Hall–Kier alpha value is -2.98. The van der Waals surface area contributed by atoms with E-state index in [4.69, 9.17) is 0 Å². The second-order valence-corrected chi connectivity index (χ2v) is 14.9. The molecule has 3 rings (SSSR count).